The molecule has 0 rings (SSSR count). The lowest BCUT2D eigenvalue weighted by molar-refractivity contribution is 1.56. The molecule has 3 heteroatoms. The predicted octanol–water partition coefficient (Wildman–Crippen LogP) is 2.63. The smallest absolute Gasteiger partial charge is 0.134 e. The van der Waals surface area contributed by atoms with Gasteiger partial charge in [0.15, 0.2) is 0 Å². The highest BCUT2D eigenvalue weighted by Crippen LogP contribution is 2.23. The van der Waals surface area contributed by atoms with E-state index in [2.05, 4.69) is 13.2 Å². The highest BCUT2D eigenvalue weighted by Gasteiger charge is 2.01. The minimum Gasteiger partial charge on any atom is -0.185 e. The Morgan fingerprint density at radius 2 is 2.30 bits per heavy atom. The molecule has 54 valence electrons. The van der Waals surface area contributed by atoms with Crippen LogP contribution in [0.3, 0.4) is 0 Å². The monoisotopic (exact) mass is 171 g/mol. The Hall–Kier alpha value is -0.330. The quantitative estimate of drug-likeness (QED) is 0.361. The van der Waals surface area contributed by atoms with Gasteiger partial charge in [-0.3, -0.25) is 0 Å². The van der Waals surface area contributed by atoms with E-state index in [9.17, 15) is 0 Å². The first kappa shape index (κ1) is 9.67. The number of nitrogens with zero attached hydrogens (tertiary/aromatic N) is 1. The molecule has 0 N–H and O–H groups in total. The summed E-state index contributed by atoms with van der Waals surface area (Å²) in [6, 6.07) is 0. The van der Waals surface area contributed by atoms with Crippen LogP contribution in [0.25, 0.3) is 0 Å². The van der Waals surface area contributed by atoms with Crippen molar-refractivity contribution in [2.45, 2.75) is 4.58 Å². The van der Waals surface area contributed by atoms with Gasteiger partial charge in [0.1, 0.15) is 5.40 Å². The second-order valence-corrected chi connectivity index (χ2v) is 3.83. The third-order valence-corrected chi connectivity index (χ3v) is 2.92. The van der Waals surface area contributed by atoms with Crippen LogP contribution >= 0.6 is 23.5 Å². The van der Waals surface area contributed by atoms with Crippen LogP contribution < -0.4 is 0 Å². The lowest BCUT2D eigenvalue weighted by Gasteiger charge is -2.02. The molecule has 0 aromatic rings. The molecule has 0 aliphatic rings. The molecule has 0 saturated carbocycles. The van der Waals surface area contributed by atoms with E-state index in [4.69, 9.17) is 5.26 Å². The van der Waals surface area contributed by atoms with Gasteiger partial charge in [-0.05, 0) is 11.8 Å². The van der Waals surface area contributed by atoms with Crippen LogP contribution in [-0.2, 0) is 0 Å². The summed E-state index contributed by atoms with van der Waals surface area (Å²) in [4.78, 5) is 0. The number of hydrogen-bond acceptors (Lipinski definition) is 3. The van der Waals surface area contributed by atoms with Crippen LogP contribution in [0.4, 0.5) is 0 Å². The van der Waals surface area contributed by atoms with E-state index in [1.807, 2.05) is 11.5 Å². The number of nitriles is 1. The third-order valence-electron chi connectivity index (χ3n) is 0.740. The van der Waals surface area contributed by atoms with E-state index in [1.54, 1.807) is 17.8 Å². The number of hydrogen-bond donors (Lipinski definition) is 0. The van der Waals surface area contributed by atoms with Gasteiger partial charge < -0.3 is 0 Å². The van der Waals surface area contributed by atoms with Gasteiger partial charge in [-0.25, -0.2) is 0 Å². The van der Waals surface area contributed by atoms with Crippen LogP contribution in [0, 0.1) is 10.7 Å². The van der Waals surface area contributed by atoms with Crippen molar-refractivity contribution < 1.29 is 0 Å². The lowest BCUT2D eigenvalue weighted by atomic mass is 10.7. The normalized spacial score (nSPS) is 11.5. The molecule has 1 atom stereocenters. The van der Waals surface area contributed by atoms with Gasteiger partial charge in [0, 0.05) is 5.75 Å². The average Bonchev–Trinajstić information content (AvgIpc) is 1.98. The molecule has 0 heterocycles. The topological polar surface area (TPSA) is 23.8 Å². The molecule has 0 fully saturated rings. The van der Waals surface area contributed by atoms with Gasteiger partial charge in [-0.1, -0.05) is 12.2 Å². The molecular weight excluding hydrogens is 162 g/mol. The van der Waals surface area contributed by atoms with Crippen LogP contribution in [0.2, 0.25) is 0 Å². The zero-order valence-electron chi connectivity index (χ0n) is 5.62. The van der Waals surface area contributed by atoms with Crippen LogP contribution in [0.15, 0.2) is 25.3 Å². The minimum atomic E-state index is 0.183. The van der Waals surface area contributed by atoms with E-state index in [0.29, 0.717) is 0 Å². The maximum Gasteiger partial charge on any atom is 0.134 e. The molecule has 0 bridgehead atoms. The standard InChI is InChI=1S/C7H9NS2/c1-3-5-9-7(4-2)10-6-8/h3-4,7H,1-2,5H2. The molecule has 0 aliphatic heterocycles. The summed E-state index contributed by atoms with van der Waals surface area (Å²) < 4.78 is 0.183. The summed E-state index contributed by atoms with van der Waals surface area (Å²) in [5.41, 5.74) is 0. The van der Waals surface area contributed by atoms with Gasteiger partial charge in [0.25, 0.3) is 0 Å². The average molecular weight is 171 g/mol. The first-order valence-corrected chi connectivity index (χ1v) is 4.67. The fraction of sp³-hybridized carbons (Fsp3) is 0.286. The Labute approximate surface area is 70.2 Å². The number of rotatable bonds is 5. The first-order valence-electron chi connectivity index (χ1n) is 2.75. The first-order chi connectivity index (χ1) is 4.85. The zero-order chi connectivity index (χ0) is 7.82. The molecule has 1 nitrogen and oxygen atoms in total. The van der Waals surface area contributed by atoms with Gasteiger partial charge >= 0.3 is 0 Å². The summed E-state index contributed by atoms with van der Waals surface area (Å²) in [6.07, 6.45) is 3.58. The van der Waals surface area contributed by atoms with E-state index >= 15 is 0 Å². The Morgan fingerprint density at radius 3 is 2.70 bits per heavy atom. The summed E-state index contributed by atoms with van der Waals surface area (Å²) in [6.45, 7) is 7.19. The van der Waals surface area contributed by atoms with Gasteiger partial charge in [-0.2, -0.15) is 5.26 Å². The van der Waals surface area contributed by atoms with Crippen molar-refractivity contribution in [2.75, 3.05) is 5.75 Å². The van der Waals surface area contributed by atoms with Gasteiger partial charge in [-0.15, -0.1) is 24.9 Å². The van der Waals surface area contributed by atoms with Crippen molar-refractivity contribution in [3.63, 3.8) is 0 Å². The fourth-order valence-electron chi connectivity index (χ4n) is 0.365. The molecular formula is C7H9NS2. The molecule has 0 aliphatic carbocycles. The maximum absolute atomic E-state index is 8.29. The Kier molecular flexibility index (Phi) is 6.56. The fourth-order valence-corrected chi connectivity index (χ4v) is 1.66. The zero-order valence-corrected chi connectivity index (χ0v) is 7.25. The summed E-state index contributed by atoms with van der Waals surface area (Å²) in [5, 5.41) is 10.3. The third kappa shape index (κ3) is 4.54. The minimum absolute atomic E-state index is 0.183. The van der Waals surface area contributed by atoms with E-state index in [0.717, 1.165) is 5.75 Å². The van der Waals surface area contributed by atoms with Crippen molar-refractivity contribution in [3.8, 4) is 5.40 Å². The second kappa shape index (κ2) is 6.79. The van der Waals surface area contributed by atoms with Crippen LogP contribution in [0.5, 0.6) is 0 Å². The number of thioether (sulfide) groups is 2. The maximum atomic E-state index is 8.29. The van der Waals surface area contributed by atoms with Crippen molar-refractivity contribution in [2.24, 2.45) is 0 Å². The molecule has 0 spiro atoms. The Balaban J connectivity index is 3.51. The van der Waals surface area contributed by atoms with Crippen molar-refractivity contribution >= 4 is 23.5 Å². The lowest BCUT2D eigenvalue weighted by Crippen LogP contribution is -1.88. The molecule has 10 heavy (non-hydrogen) atoms. The number of thiocyanates is 1. The SMILES string of the molecule is C=CCSC(C=C)SC#N. The molecule has 0 aromatic carbocycles. The predicted molar refractivity (Wildman–Crippen MR) is 49.8 cm³/mol. The molecule has 0 aromatic heterocycles. The molecule has 1 unspecified atom stereocenters. The van der Waals surface area contributed by atoms with E-state index in [-0.39, 0.29) is 4.58 Å². The summed E-state index contributed by atoms with van der Waals surface area (Å²) in [7, 11) is 0. The van der Waals surface area contributed by atoms with Crippen molar-refractivity contribution in [1.82, 2.24) is 0 Å². The molecule has 0 radical (unpaired) electrons. The van der Waals surface area contributed by atoms with Crippen molar-refractivity contribution in [1.29, 1.82) is 5.26 Å². The highest BCUT2D eigenvalue weighted by atomic mass is 32.2. The molecule has 0 amide bonds. The summed E-state index contributed by atoms with van der Waals surface area (Å²) >= 11 is 2.87. The van der Waals surface area contributed by atoms with Crippen molar-refractivity contribution in [3.05, 3.63) is 25.3 Å². The van der Waals surface area contributed by atoms with Gasteiger partial charge in [0.05, 0.1) is 4.58 Å². The summed E-state index contributed by atoms with van der Waals surface area (Å²) in [5.74, 6) is 0.866. The molecule has 0 saturated heterocycles. The highest BCUT2D eigenvalue weighted by molar-refractivity contribution is 8.19. The van der Waals surface area contributed by atoms with E-state index < -0.39 is 0 Å². The Bertz CT molecular complexity index is 148. The van der Waals surface area contributed by atoms with Crippen LogP contribution in [-0.4, -0.2) is 10.3 Å². The Morgan fingerprint density at radius 1 is 1.60 bits per heavy atom. The van der Waals surface area contributed by atoms with E-state index in [1.165, 1.54) is 11.8 Å². The van der Waals surface area contributed by atoms with Gasteiger partial charge in [0.2, 0.25) is 0 Å². The second-order valence-electron chi connectivity index (χ2n) is 1.44. The largest absolute Gasteiger partial charge is 0.185 e. The van der Waals surface area contributed by atoms with Crippen LogP contribution in [0.1, 0.15) is 0 Å².